The summed E-state index contributed by atoms with van der Waals surface area (Å²) in [6.45, 7) is 2.29. The van der Waals surface area contributed by atoms with E-state index in [1.165, 1.54) is 38.5 Å². The Hall–Kier alpha value is -2.15. The van der Waals surface area contributed by atoms with Crippen molar-refractivity contribution >= 4 is 29.2 Å². The van der Waals surface area contributed by atoms with Gasteiger partial charge in [-0.3, -0.25) is 0 Å². The van der Waals surface area contributed by atoms with E-state index in [1.54, 1.807) is 6.07 Å². The molecule has 0 aliphatic heterocycles. The molecule has 0 amide bonds. The molecule has 1 saturated carbocycles. The molecule has 1 fully saturated rings. The first-order valence-electron chi connectivity index (χ1n) is 8.82. The number of benzene rings is 1. The second-order valence-electron chi connectivity index (χ2n) is 6.68. The molecule has 26 heavy (non-hydrogen) atoms. The fourth-order valence-electron chi connectivity index (χ4n) is 3.16. The Kier molecular flexibility index (Phi) is 6.08. The first-order valence-corrected chi connectivity index (χ1v) is 9.20. The predicted molar refractivity (Wildman–Crippen MR) is 101 cm³/mol. The Labute approximate surface area is 157 Å². The van der Waals surface area contributed by atoms with Gasteiger partial charge in [0, 0.05) is 17.8 Å². The van der Waals surface area contributed by atoms with Crippen LogP contribution in [0.3, 0.4) is 0 Å². The van der Waals surface area contributed by atoms with E-state index in [-0.39, 0.29) is 17.0 Å². The highest BCUT2D eigenvalue weighted by atomic mass is 35.5. The van der Waals surface area contributed by atoms with E-state index >= 15 is 0 Å². The monoisotopic (exact) mass is 379 g/mol. The molecule has 1 aliphatic rings. The number of nitrogens with zero attached hydrogens (tertiary/aromatic N) is 3. The van der Waals surface area contributed by atoms with E-state index < -0.39 is 5.82 Å². The third kappa shape index (κ3) is 4.94. The van der Waals surface area contributed by atoms with Crippen molar-refractivity contribution in [1.82, 2.24) is 15.0 Å². The largest absolute Gasteiger partial charge is 0.494 e. The van der Waals surface area contributed by atoms with Crippen LogP contribution in [-0.2, 0) is 0 Å². The van der Waals surface area contributed by atoms with Crippen LogP contribution in [-0.4, -0.2) is 28.1 Å². The summed E-state index contributed by atoms with van der Waals surface area (Å²) >= 11 is 6.03. The van der Waals surface area contributed by atoms with E-state index in [0.29, 0.717) is 17.7 Å². The normalized spacial score (nSPS) is 20.3. The van der Waals surface area contributed by atoms with Crippen LogP contribution in [0, 0.1) is 11.7 Å². The van der Waals surface area contributed by atoms with Gasteiger partial charge in [0.1, 0.15) is 0 Å². The van der Waals surface area contributed by atoms with Crippen LogP contribution < -0.4 is 15.4 Å². The number of hydrogen-bond acceptors (Lipinski definition) is 6. The maximum absolute atomic E-state index is 13.8. The highest BCUT2D eigenvalue weighted by Gasteiger charge is 2.17. The molecule has 1 aromatic carbocycles. The first kappa shape index (κ1) is 18.6. The van der Waals surface area contributed by atoms with E-state index in [9.17, 15) is 4.39 Å². The number of ether oxygens (including phenoxy) is 1. The molecule has 1 aromatic heterocycles. The Bertz CT molecular complexity index is 760. The van der Waals surface area contributed by atoms with Gasteiger partial charge in [0.05, 0.1) is 7.11 Å². The Morgan fingerprint density at radius 1 is 1.12 bits per heavy atom. The zero-order valence-corrected chi connectivity index (χ0v) is 15.7. The lowest BCUT2D eigenvalue weighted by atomic mass is 10.0. The number of nitrogens with one attached hydrogen (secondary N) is 2. The van der Waals surface area contributed by atoms with Crippen molar-refractivity contribution in [3.63, 3.8) is 0 Å². The molecular formula is C18H23ClFN5O. The second kappa shape index (κ2) is 8.49. The summed E-state index contributed by atoms with van der Waals surface area (Å²) in [5.41, 5.74) is 0.500. The lowest BCUT2D eigenvalue weighted by Crippen LogP contribution is -2.20. The Morgan fingerprint density at radius 3 is 2.69 bits per heavy atom. The van der Waals surface area contributed by atoms with Crippen molar-refractivity contribution in [2.45, 2.75) is 45.1 Å². The second-order valence-corrected chi connectivity index (χ2v) is 7.02. The molecule has 1 heterocycles. The standard InChI is InChI=1S/C18H23ClFN5O/c1-11-4-3-5-12(7-6-11)21-17-23-16(19)24-18(25-17)22-13-8-9-15(26-2)14(20)10-13/h8-12H,3-7H2,1-2H3,(H2,21,22,23,24,25). The fraction of sp³-hybridized carbons (Fsp3) is 0.500. The van der Waals surface area contributed by atoms with Crippen molar-refractivity contribution in [2.24, 2.45) is 5.92 Å². The number of methoxy groups -OCH3 is 1. The predicted octanol–water partition coefficient (Wildman–Crippen LogP) is 4.80. The summed E-state index contributed by atoms with van der Waals surface area (Å²) in [6.07, 6.45) is 5.80. The van der Waals surface area contributed by atoms with Crippen molar-refractivity contribution < 1.29 is 9.13 Å². The average molecular weight is 380 g/mol. The molecule has 1 aliphatic carbocycles. The number of aromatic nitrogens is 3. The Balaban J connectivity index is 1.72. The van der Waals surface area contributed by atoms with Gasteiger partial charge in [0.15, 0.2) is 11.6 Å². The topological polar surface area (TPSA) is 72.0 Å². The number of hydrogen-bond donors (Lipinski definition) is 2. The lowest BCUT2D eigenvalue weighted by Gasteiger charge is -2.17. The van der Waals surface area contributed by atoms with Gasteiger partial charge in [-0.05, 0) is 48.9 Å². The fourth-order valence-corrected chi connectivity index (χ4v) is 3.32. The summed E-state index contributed by atoms with van der Waals surface area (Å²) in [5.74, 6) is 1.16. The molecular weight excluding hydrogens is 357 g/mol. The van der Waals surface area contributed by atoms with E-state index in [1.807, 2.05) is 0 Å². The zero-order valence-electron chi connectivity index (χ0n) is 14.9. The zero-order chi connectivity index (χ0) is 18.5. The highest BCUT2D eigenvalue weighted by molar-refractivity contribution is 6.28. The van der Waals surface area contributed by atoms with E-state index in [0.717, 1.165) is 18.8 Å². The molecule has 0 bridgehead atoms. The number of rotatable bonds is 5. The molecule has 2 aromatic rings. The Morgan fingerprint density at radius 2 is 1.92 bits per heavy atom. The average Bonchev–Trinajstić information content (AvgIpc) is 2.79. The van der Waals surface area contributed by atoms with Gasteiger partial charge in [-0.25, -0.2) is 4.39 Å². The lowest BCUT2D eigenvalue weighted by molar-refractivity contribution is 0.386. The summed E-state index contributed by atoms with van der Waals surface area (Å²) in [7, 11) is 1.42. The van der Waals surface area contributed by atoms with Crippen LogP contribution in [0.4, 0.5) is 22.0 Å². The SMILES string of the molecule is COc1ccc(Nc2nc(Cl)nc(NC3CCCC(C)CC3)n2)cc1F. The summed E-state index contributed by atoms with van der Waals surface area (Å²) in [6, 6.07) is 4.85. The molecule has 6 nitrogen and oxygen atoms in total. The van der Waals surface area contributed by atoms with Crippen molar-refractivity contribution in [1.29, 1.82) is 0 Å². The van der Waals surface area contributed by atoms with Crippen LogP contribution >= 0.6 is 11.6 Å². The molecule has 2 N–H and O–H groups in total. The third-order valence-corrected chi connectivity index (χ3v) is 4.78. The van der Waals surface area contributed by atoms with E-state index in [2.05, 4.69) is 32.5 Å². The maximum atomic E-state index is 13.8. The molecule has 2 atom stereocenters. The van der Waals surface area contributed by atoms with E-state index in [4.69, 9.17) is 16.3 Å². The van der Waals surface area contributed by atoms with Gasteiger partial charge in [-0.15, -0.1) is 0 Å². The van der Waals surface area contributed by atoms with Crippen LogP contribution in [0.1, 0.15) is 39.0 Å². The molecule has 8 heteroatoms. The molecule has 140 valence electrons. The van der Waals surface area contributed by atoms with Crippen LogP contribution in [0.2, 0.25) is 5.28 Å². The quantitative estimate of drug-likeness (QED) is 0.727. The first-order chi connectivity index (χ1) is 12.5. The van der Waals surface area contributed by atoms with Gasteiger partial charge < -0.3 is 15.4 Å². The van der Waals surface area contributed by atoms with Crippen molar-refractivity contribution in [2.75, 3.05) is 17.7 Å². The number of anilines is 3. The van der Waals surface area contributed by atoms with Crippen LogP contribution in [0.15, 0.2) is 18.2 Å². The number of halogens is 2. The molecule has 2 unspecified atom stereocenters. The third-order valence-electron chi connectivity index (χ3n) is 4.61. The summed E-state index contributed by atoms with van der Waals surface area (Å²) < 4.78 is 18.7. The van der Waals surface area contributed by atoms with Gasteiger partial charge in [0.2, 0.25) is 17.2 Å². The van der Waals surface area contributed by atoms with Gasteiger partial charge in [-0.1, -0.05) is 19.8 Å². The summed E-state index contributed by atoms with van der Waals surface area (Å²) in [5, 5.41) is 6.39. The minimum absolute atomic E-state index is 0.0842. The minimum Gasteiger partial charge on any atom is -0.494 e. The summed E-state index contributed by atoms with van der Waals surface area (Å²) in [4.78, 5) is 12.6. The van der Waals surface area contributed by atoms with Crippen LogP contribution in [0.25, 0.3) is 0 Å². The van der Waals surface area contributed by atoms with Gasteiger partial charge in [-0.2, -0.15) is 15.0 Å². The minimum atomic E-state index is -0.469. The van der Waals surface area contributed by atoms with Crippen molar-refractivity contribution in [3.8, 4) is 5.75 Å². The van der Waals surface area contributed by atoms with Gasteiger partial charge >= 0.3 is 0 Å². The maximum Gasteiger partial charge on any atom is 0.233 e. The molecule has 0 saturated heterocycles. The van der Waals surface area contributed by atoms with Crippen LogP contribution in [0.5, 0.6) is 5.75 Å². The molecule has 3 rings (SSSR count). The highest BCUT2D eigenvalue weighted by Crippen LogP contribution is 2.26. The van der Waals surface area contributed by atoms with Crippen molar-refractivity contribution in [3.05, 3.63) is 29.3 Å². The smallest absolute Gasteiger partial charge is 0.233 e. The molecule has 0 radical (unpaired) electrons. The molecule has 0 spiro atoms. The van der Waals surface area contributed by atoms with Gasteiger partial charge in [0.25, 0.3) is 0 Å².